The van der Waals surface area contributed by atoms with Gasteiger partial charge in [-0.15, -0.1) is 0 Å². The number of anilines is 2. The second-order valence-corrected chi connectivity index (χ2v) is 8.47. The molecule has 152 valence electrons. The number of carbonyl (C=O) groups is 1. The summed E-state index contributed by atoms with van der Waals surface area (Å²) < 4.78 is 39.3. The SMILES string of the molecule is CCc1cccc(CC)c1NC(=O)C(CC)N(c1ccc(F)cc1)S(C)(=O)=O. The number of aryl methyl sites for hydroxylation is 2. The lowest BCUT2D eigenvalue weighted by molar-refractivity contribution is -0.117. The summed E-state index contributed by atoms with van der Waals surface area (Å²) in [6.45, 7) is 5.75. The zero-order chi connectivity index (χ0) is 20.9. The highest BCUT2D eigenvalue weighted by molar-refractivity contribution is 7.92. The fourth-order valence-electron chi connectivity index (χ4n) is 3.26. The zero-order valence-electron chi connectivity index (χ0n) is 16.7. The van der Waals surface area contributed by atoms with Gasteiger partial charge in [-0.1, -0.05) is 39.0 Å². The Labute approximate surface area is 166 Å². The summed E-state index contributed by atoms with van der Waals surface area (Å²) in [5, 5.41) is 2.95. The van der Waals surface area contributed by atoms with E-state index in [0.717, 1.165) is 40.2 Å². The molecule has 0 heterocycles. The summed E-state index contributed by atoms with van der Waals surface area (Å²) in [5.41, 5.74) is 2.99. The van der Waals surface area contributed by atoms with Gasteiger partial charge in [-0.2, -0.15) is 0 Å². The molecular weight excluding hydrogens is 379 g/mol. The summed E-state index contributed by atoms with van der Waals surface area (Å²) in [4.78, 5) is 13.1. The Balaban J connectivity index is 2.44. The highest BCUT2D eigenvalue weighted by Crippen LogP contribution is 2.26. The van der Waals surface area contributed by atoms with Crippen LogP contribution in [0, 0.1) is 5.82 Å². The van der Waals surface area contributed by atoms with Crippen LogP contribution in [0.3, 0.4) is 0 Å². The molecule has 0 aromatic heterocycles. The molecule has 0 fully saturated rings. The Morgan fingerprint density at radius 3 is 2.00 bits per heavy atom. The standard InChI is InChI=1S/C21H27FN2O3S/c1-5-15-9-8-10-16(6-2)20(15)23-21(25)19(7-3)24(28(4,26)27)18-13-11-17(22)12-14-18/h8-14,19H,5-7H2,1-4H3,(H,23,25). The van der Waals surface area contributed by atoms with E-state index in [1.807, 2.05) is 32.0 Å². The average Bonchev–Trinajstić information content (AvgIpc) is 2.66. The Kier molecular flexibility index (Phi) is 7.18. The molecule has 28 heavy (non-hydrogen) atoms. The molecule has 0 aliphatic heterocycles. The molecule has 2 aromatic carbocycles. The van der Waals surface area contributed by atoms with E-state index in [4.69, 9.17) is 0 Å². The van der Waals surface area contributed by atoms with Gasteiger partial charge in [0.05, 0.1) is 11.9 Å². The first-order valence-corrected chi connectivity index (χ1v) is 11.2. The summed E-state index contributed by atoms with van der Waals surface area (Å²) >= 11 is 0. The third kappa shape index (κ3) is 4.90. The van der Waals surface area contributed by atoms with Crippen LogP contribution in [0.5, 0.6) is 0 Å². The van der Waals surface area contributed by atoms with E-state index in [1.165, 1.54) is 24.3 Å². The van der Waals surface area contributed by atoms with Gasteiger partial charge in [-0.05, 0) is 54.7 Å². The molecule has 2 rings (SSSR count). The van der Waals surface area contributed by atoms with Gasteiger partial charge in [-0.3, -0.25) is 9.10 Å². The highest BCUT2D eigenvalue weighted by atomic mass is 32.2. The van der Waals surface area contributed by atoms with E-state index < -0.39 is 27.8 Å². The molecule has 0 aliphatic carbocycles. The van der Waals surface area contributed by atoms with Gasteiger partial charge in [0.25, 0.3) is 0 Å². The zero-order valence-corrected chi connectivity index (χ0v) is 17.5. The van der Waals surface area contributed by atoms with Gasteiger partial charge < -0.3 is 5.32 Å². The van der Waals surface area contributed by atoms with Crippen molar-refractivity contribution in [2.45, 2.75) is 46.1 Å². The van der Waals surface area contributed by atoms with Crippen LogP contribution in [0.15, 0.2) is 42.5 Å². The maximum Gasteiger partial charge on any atom is 0.248 e. The van der Waals surface area contributed by atoms with Crippen molar-refractivity contribution in [2.75, 3.05) is 15.9 Å². The number of para-hydroxylation sites is 1. The van der Waals surface area contributed by atoms with Crippen molar-refractivity contribution < 1.29 is 17.6 Å². The minimum Gasteiger partial charge on any atom is -0.324 e. The van der Waals surface area contributed by atoms with Gasteiger partial charge in [0.1, 0.15) is 11.9 Å². The average molecular weight is 407 g/mol. The van der Waals surface area contributed by atoms with E-state index in [1.54, 1.807) is 6.92 Å². The molecule has 0 saturated carbocycles. The number of carbonyl (C=O) groups excluding carboxylic acids is 1. The maximum absolute atomic E-state index is 13.3. The largest absolute Gasteiger partial charge is 0.324 e. The third-order valence-corrected chi connectivity index (χ3v) is 5.84. The number of benzene rings is 2. The van der Waals surface area contributed by atoms with Gasteiger partial charge in [0.15, 0.2) is 0 Å². The lowest BCUT2D eigenvalue weighted by atomic mass is 10.0. The number of nitrogens with zero attached hydrogens (tertiary/aromatic N) is 1. The van der Waals surface area contributed by atoms with Crippen molar-refractivity contribution >= 4 is 27.3 Å². The van der Waals surface area contributed by atoms with E-state index in [2.05, 4.69) is 5.32 Å². The Morgan fingerprint density at radius 1 is 1.04 bits per heavy atom. The van der Waals surface area contributed by atoms with Crippen LogP contribution >= 0.6 is 0 Å². The molecule has 1 N–H and O–H groups in total. The Bertz CT molecular complexity index is 905. The predicted octanol–water partition coefficient (Wildman–Crippen LogP) is 4.13. The summed E-state index contributed by atoms with van der Waals surface area (Å²) in [5.74, 6) is -0.882. The topological polar surface area (TPSA) is 66.5 Å². The molecule has 2 aromatic rings. The normalized spacial score (nSPS) is 12.5. The molecule has 0 radical (unpaired) electrons. The molecule has 1 amide bonds. The Morgan fingerprint density at radius 2 is 1.57 bits per heavy atom. The summed E-state index contributed by atoms with van der Waals surface area (Å²) in [7, 11) is -3.76. The molecule has 0 spiro atoms. The lowest BCUT2D eigenvalue weighted by Crippen LogP contribution is -2.47. The maximum atomic E-state index is 13.3. The second kappa shape index (κ2) is 9.19. The minimum absolute atomic E-state index is 0.255. The smallest absolute Gasteiger partial charge is 0.248 e. The number of rotatable bonds is 8. The van der Waals surface area contributed by atoms with E-state index in [0.29, 0.717) is 0 Å². The molecule has 5 nitrogen and oxygen atoms in total. The predicted molar refractivity (Wildman–Crippen MR) is 112 cm³/mol. The molecule has 1 unspecified atom stereocenters. The van der Waals surface area contributed by atoms with Crippen LogP contribution in [0.2, 0.25) is 0 Å². The lowest BCUT2D eigenvalue weighted by Gasteiger charge is -2.30. The van der Waals surface area contributed by atoms with Gasteiger partial charge >= 0.3 is 0 Å². The fourth-order valence-corrected chi connectivity index (χ4v) is 4.47. The van der Waals surface area contributed by atoms with Gasteiger partial charge in [0.2, 0.25) is 15.9 Å². The molecule has 0 aliphatic rings. The first kappa shape index (κ1) is 21.9. The van der Waals surface area contributed by atoms with E-state index in [9.17, 15) is 17.6 Å². The number of nitrogens with one attached hydrogen (secondary N) is 1. The van der Waals surface area contributed by atoms with Crippen molar-refractivity contribution in [3.63, 3.8) is 0 Å². The molecule has 7 heteroatoms. The van der Waals surface area contributed by atoms with Crippen LogP contribution in [-0.4, -0.2) is 26.6 Å². The molecule has 0 saturated heterocycles. The van der Waals surface area contributed by atoms with Gasteiger partial charge in [-0.25, -0.2) is 12.8 Å². The van der Waals surface area contributed by atoms with Crippen LogP contribution in [0.25, 0.3) is 0 Å². The van der Waals surface area contributed by atoms with E-state index in [-0.39, 0.29) is 12.1 Å². The molecule has 1 atom stereocenters. The first-order valence-electron chi connectivity index (χ1n) is 9.39. The number of sulfonamides is 1. The Hall–Kier alpha value is -2.41. The second-order valence-electron chi connectivity index (χ2n) is 6.61. The van der Waals surface area contributed by atoms with Crippen LogP contribution in [-0.2, 0) is 27.7 Å². The number of amides is 1. The number of hydrogen-bond acceptors (Lipinski definition) is 3. The highest BCUT2D eigenvalue weighted by Gasteiger charge is 2.32. The van der Waals surface area contributed by atoms with Crippen molar-refractivity contribution in [3.8, 4) is 0 Å². The quantitative estimate of drug-likeness (QED) is 0.717. The van der Waals surface area contributed by atoms with Crippen LogP contribution in [0.1, 0.15) is 38.3 Å². The monoisotopic (exact) mass is 406 g/mol. The van der Waals surface area contributed by atoms with Crippen LogP contribution < -0.4 is 9.62 Å². The summed E-state index contributed by atoms with van der Waals surface area (Å²) in [6.07, 6.45) is 2.80. The van der Waals surface area contributed by atoms with Crippen molar-refractivity contribution in [2.24, 2.45) is 0 Å². The first-order chi connectivity index (χ1) is 13.2. The fraction of sp³-hybridized carbons (Fsp3) is 0.381. The van der Waals surface area contributed by atoms with Crippen molar-refractivity contribution in [3.05, 3.63) is 59.4 Å². The van der Waals surface area contributed by atoms with Crippen LogP contribution in [0.4, 0.5) is 15.8 Å². The van der Waals surface area contributed by atoms with Crippen molar-refractivity contribution in [1.82, 2.24) is 0 Å². The molecular formula is C21H27FN2O3S. The van der Waals surface area contributed by atoms with Gasteiger partial charge in [0, 0.05) is 5.69 Å². The third-order valence-electron chi connectivity index (χ3n) is 4.66. The number of halogens is 1. The number of hydrogen-bond donors (Lipinski definition) is 1. The van der Waals surface area contributed by atoms with E-state index >= 15 is 0 Å². The molecule has 0 bridgehead atoms. The van der Waals surface area contributed by atoms with Crippen molar-refractivity contribution in [1.29, 1.82) is 0 Å². The minimum atomic E-state index is -3.76. The summed E-state index contributed by atoms with van der Waals surface area (Å²) in [6, 6.07) is 9.99.